The van der Waals surface area contributed by atoms with Crippen molar-refractivity contribution in [3.63, 3.8) is 0 Å². The number of ether oxygens (including phenoxy) is 1. The van der Waals surface area contributed by atoms with Crippen molar-refractivity contribution in [3.05, 3.63) is 84.2 Å². The zero-order valence-electron chi connectivity index (χ0n) is 14.3. The number of carbonyl (C=O) groups excluding carboxylic acids is 1. The summed E-state index contributed by atoms with van der Waals surface area (Å²) in [6.07, 6.45) is 4.01. The summed E-state index contributed by atoms with van der Waals surface area (Å²) in [4.78, 5) is 14.4. The van der Waals surface area contributed by atoms with Crippen LogP contribution in [0.5, 0.6) is 11.5 Å². The van der Waals surface area contributed by atoms with Gasteiger partial charge < -0.3 is 9.64 Å². The molecule has 26 heavy (non-hydrogen) atoms. The van der Waals surface area contributed by atoms with E-state index in [0.29, 0.717) is 18.0 Å². The molecule has 5 heteroatoms. The number of aromatic nitrogens is 2. The Kier molecular flexibility index (Phi) is 4.60. The number of amides is 1. The fourth-order valence-electron chi connectivity index (χ4n) is 3.27. The molecule has 3 aromatic rings. The fourth-order valence-corrected chi connectivity index (χ4v) is 3.27. The minimum absolute atomic E-state index is 0.0130. The molecule has 0 saturated carbocycles. The lowest BCUT2D eigenvalue weighted by Crippen LogP contribution is -2.28. The van der Waals surface area contributed by atoms with Crippen LogP contribution < -0.4 is 4.74 Å². The van der Waals surface area contributed by atoms with Crippen molar-refractivity contribution >= 4 is 5.91 Å². The second-order valence-electron chi connectivity index (χ2n) is 6.36. The van der Waals surface area contributed by atoms with Gasteiger partial charge in [-0.3, -0.25) is 4.79 Å². The molecule has 0 spiro atoms. The van der Waals surface area contributed by atoms with Crippen molar-refractivity contribution < 1.29 is 9.53 Å². The second-order valence-corrected chi connectivity index (χ2v) is 6.36. The quantitative estimate of drug-likeness (QED) is 0.720. The van der Waals surface area contributed by atoms with Crippen LogP contribution in [0.1, 0.15) is 28.3 Å². The molecule has 1 aromatic heterocycles. The predicted octanol–water partition coefficient (Wildman–Crippen LogP) is 3.90. The highest BCUT2D eigenvalue weighted by Gasteiger charge is 2.28. The van der Waals surface area contributed by atoms with E-state index in [4.69, 9.17) is 4.74 Å². The van der Waals surface area contributed by atoms with Gasteiger partial charge in [0.15, 0.2) is 0 Å². The average Bonchev–Trinajstić information content (AvgIpc) is 3.19. The highest BCUT2D eigenvalue weighted by atomic mass is 16.5. The third kappa shape index (κ3) is 3.57. The topological polar surface area (TPSA) is 55.3 Å². The van der Waals surface area contributed by atoms with E-state index >= 15 is 0 Å². The average molecular weight is 345 g/mol. The molecule has 5 nitrogen and oxygen atoms in total. The third-order valence-electron chi connectivity index (χ3n) is 4.62. The zero-order chi connectivity index (χ0) is 17.8. The number of carbonyl (C=O) groups is 1. The first kappa shape index (κ1) is 16.3. The second kappa shape index (κ2) is 7.35. The van der Waals surface area contributed by atoms with Gasteiger partial charge in [-0.05, 0) is 42.3 Å². The molecule has 130 valence electrons. The number of hydrogen-bond acceptors (Lipinski definition) is 4. The summed E-state index contributed by atoms with van der Waals surface area (Å²) in [7, 11) is 0. The standard InChI is InChI=1S/C21H19N3O2/c25-21(17-9-11-22-23-14-17)24-12-10-18(15-24)16-5-4-8-20(13-16)26-19-6-2-1-3-7-19/h1-9,11,13-14,18H,10,12,15H2/t18-/m0/s1. The van der Waals surface area contributed by atoms with Gasteiger partial charge in [0, 0.05) is 19.0 Å². The Bertz CT molecular complexity index is 884. The van der Waals surface area contributed by atoms with Crippen molar-refractivity contribution in [2.75, 3.05) is 13.1 Å². The molecule has 0 aliphatic carbocycles. The van der Waals surface area contributed by atoms with Gasteiger partial charge in [-0.1, -0.05) is 30.3 Å². The molecular formula is C21H19N3O2. The smallest absolute Gasteiger partial charge is 0.255 e. The highest BCUT2D eigenvalue weighted by molar-refractivity contribution is 5.94. The molecule has 4 rings (SSSR count). The fraction of sp³-hybridized carbons (Fsp3) is 0.190. The lowest BCUT2D eigenvalue weighted by molar-refractivity contribution is 0.0790. The van der Waals surface area contributed by atoms with Gasteiger partial charge in [0.1, 0.15) is 11.5 Å². The molecule has 1 aliphatic heterocycles. The summed E-state index contributed by atoms with van der Waals surface area (Å²) in [5.41, 5.74) is 1.78. The Morgan fingerprint density at radius 1 is 1.00 bits per heavy atom. The molecule has 1 atom stereocenters. The number of likely N-dealkylation sites (tertiary alicyclic amines) is 1. The predicted molar refractivity (Wildman–Crippen MR) is 98.3 cm³/mol. The molecule has 1 amide bonds. The van der Waals surface area contributed by atoms with Crippen LogP contribution in [0.15, 0.2) is 73.1 Å². The van der Waals surface area contributed by atoms with Crippen LogP contribution in [-0.4, -0.2) is 34.1 Å². The number of para-hydroxylation sites is 1. The highest BCUT2D eigenvalue weighted by Crippen LogP contribution is 2.31. The zero-order valence-corrected chi connectivity index (χ0v) is 14.3. The summed E-state index contributed by atoms with van der Waals surface area (Å²) in [5, 5.41) is 7.52. The number of rotatable bonds is 4. The maximum Gasteiger partial charge on any atom is 0.255 e. The van der Waals surface area contributed by atoms with E-state index in [9.17, 15) is 4.79 Å². The Balaban J connectivity index is 1.45. The van der Waals surface area contributed by atoms with E-state index in [1.807, 2.05) is 47.4 Å². The van der Waals surface area contributed by atoms with Crippen LogP contribution in [0.4, 0.5) is 0 Å². The summed E-state index contributed by atoms with van der Waals surface area (Å²) >= 11 is 0. The van der Waals surface area contributed by atoms with Crippen LogP contribution in [-0.2, 0) is 0 Å². The van der Waals surface area contributed by atoms with E-state index in [-0.39, 0.29) is 5.91 Å². The van der Waals surface area contributed by atoms with E-state index < -0.39 is 0 Å². The third-order valence-corrected chi connectivity index (χ3v) is 4.62. The molecule has 1 fully saturated rings. The van der Waals surface area contributed by atoms with Gasteiger partial charge in [-0.2, -0.15) is 10.2 Å². The Labute approximate surface area is 152 Å². The maximum absolute atomic E-state index is 12.6. The largest absolute Gasteiger partial charge is 0.457 e. The Morgan fingerprint density at radius 2 is 1.85 bits per heavy atom. The molecule has 1 saturated heterocycles. The van der Waals surface area contributed by atoms with Crippen molar-refractivity contribution in [2.24, 2.45) is 0 Å². The van der Waals surface area contributed by atoms with E-state index in [2.05, 4.69) is 22.3 Å². The minimum atomic E-state index is 0.0130. The van der Waals surface area contributed by atoms with E-state index in [1.54, 1.807) is 12.3 Å². The first-order valence-electron chi connectivity index (χ1n) is 8.68. The van der Waals surface area contributed by atoms with Gasteiger partial charge in [-0.15, -0.1) is 0 Å². The first-order chi connectivity index (χ1) is 12.8. The molecule has 2 heterocycles. The molecular weight excluding hydrogens is 326 g/mol. The van der Waals surface area contributed by atoms with Crippen LogP contribution in [0.25, 0.3) is 0 Å². The summed E-state index contributed by atoms with van der Waals surface area (Å²) in [6, 6.07) is 19.6. The normalized spacial score (nSPS) is 16.5. The summed E-state index contributed by atoms with van der Waals surface area (Å²) in [6.45, 7) is 1.45. The van der Waals surface area contributed by atoms with E-state index in [1.165, 1.54) is 11.8 Å². The van der Waals surface area contributed by atoms with Gasteiger partial charge >= 0.3 is 0 Å². The van der Waals surface area contributed by atoms with Gasteiger partial charge in [0.2, 0.25) is 0 Å². The molecule has 0 bridgehead atoms. The number of nitrogens with zero attached hydrogens (tertiary/aromatic N) is 3. The molecule has 1 aliphatic rings. The number of hydrogen-bond donors (Lipinski definition) is 0. The maximum atomic E-state index is 12.6. The van der Waals surface area contributed by atoms with Gasteiger partial charge in [0.05, 0.1) is 18.0 Å². The first-order valence-corrected chi connectivity index (χ1v) is 8.68. The Morgan fingerprint density at radius 3 is 2.65 bits per heavy atom. The van der Waals surface area contributed by atoms with Crippen LogP contribution in [0.3, 0.4) is 0 Å². The van der Waals surface area contributed by atoms with Crippen LogP contribution >= 0.6 is 0 Å². The van der Waals surface area contributed by atoms with Gasteiger partial charge in [-0.25, -0.2) is 0 Å². The Hall–Kier alpha value is -3.21. The molecule has 0 radical (unpaired) electrons. The van der Waals surface area contributed by atoms with Crippen molar-refractivity contribution in [3.8, 4) is 11.5 Å². The number of benzene rings is 2. The van der Waals surface area contributed by atoms with Gasteiger partial charge in [0.25, 0.3) is 5.91 Å². The lowest BCUT2D eigenvalue weighted by Gasteiger charge is -2.17. The molecule has 2 aromatic carbocycles. The summed E-state index contributed by atoms with van der Waals surface area (Å²) < 4.78 is 5.93. The minimum Gasteiger partial charge on any atom is -0.457 e. The lowest BCUT2D eigenvalue weighted by atomic mass is 9.98. The molecule has 0 unspecified atom stereocenters. The van der Waals surface area contributed by atoms with Crippen molar-refractivity contribution in [2.45, 2.75) is 12.3 Å². The SMILES string of the molecule is O=C(c1ccnnc1)N1CC[C@H](c2cccc(Oc3ccccc3)c2)C1. The van der Waals surface area contributed by atoms with Crippen LogP contribution in [0.2, 0.25) is 0 Å². The molecule has 0 N–H and O–H groups in total. The summed E-state index contributed by atoms with van der Waals surface area (Å²) in [5.74, 6) is 1.96. The van der Waals surface area contributed by atoms with E-state index in [0.717, 1.165) is 24.5 Å². The monoisotopic (exact) mass is 345 g/mol. The van der Waals surface area contributed by atoms with Crippen molar-refractivity contribution in [1.82, 2.24) is 15.1 Å². The van der Waals surface area contributed by atoms with Crippen LogP contribution in [0, 0.1) is 0 Å². The van der Waals surface area contributed by atoms with Crippen molar-refractivity contribution in [1.29, 1.82) is 0 Å².